The SMILES string of the molecule is Cc1c(C#CC(C)(C)O)sc2c(N[C@@H]3CCNC3)nc(-c3ccncc3)nc12. The van der Waals surface area contributed by atoms with Gasteiger partial charge in [-0.1, -0.05) is 11.8 Å². The Morgan fingerprint density at radius 2 is 2.07 bits per heavy atom. The molecule has 144 valence electrons. The number of nitrogens with one attached hydrogen (secondary N) is 2. The highest BCUT2D eigenvalue weighted by Crippen LogP contribution is 2.35. The molecule has 1 atom stereocenters. The Kier molecular flexibility index (Phi) is 5.02. The average molecular weight is 394 g/mol. The lowest BCUT2D eigenvalue weighted by Crippen LogP contribution is -2.22. The van der Waals surface area contributed by atoms with Crippen LogP contribution in [0.1, 0.15) is 30.7 Å². The summed E-state index contributed by atoms with van der Waals surface area (Å²) in [5.41, 5.74) is 1.81. The Morgan fingerprint density at radius 1 is 1.29 bits per heavy atom. The second-order valence-electron chi connectivity index (χ2n) is 7.51. The highest BCUT2D eigenvalue weighted by molar-refractivity contribution is 7.20. The van der Waals surface area contributed by atoms with Crippen LogP contribution < -0.4 is 10.6 Å². The lowest BCUT2D eigenvalue weighted by Gasteiger charge is -2.13. The second-order valence-corrected chi connectivity index (χ2v) is 8.53. The first-order valence-corrected chi connectivity index (χ1v) is 10.2. The van der Waals surface area contributed by atoms with Gasteiger partial charge in [0.05, 0.1) is 15.1 Å². The number of aliphatic hydroxyl groups is 1. The van der Waals surface area contributed by atoms with Gasteiger partial charge in [0, 0.05) is 36.1 Å². The van der Waals surface area contributed by atoms with Crippen molar-refractivity contribution in [3.05, 3.63) is 35.0 Å². The number of fused-ring (bicyclic) bond motifs is 1. The van der Waals surface area contributed by atoms with Crippen molar-refractivity contribution in [1.29, 1.82) is 0 Å². The number of thiophene rings is 1. The number of anilines is 1. The summed E-state index contributed by atoms with van der Waals surface area (Å²) in [6, 6.07) is 4.18. The van der Waals surface area contributed by atoms with E-state index in [1.54, 1.807) is 37.6 Å². The minimum Gasteiger partial charge on any atom is -0.378 e. The van der Waals surface area contributed by atoms with Crippen molar-refractivity contribution in [2.45, 2.75) is 38.8 Å². The number of nitrogens with zero attached hydrogens (tertiary/aromatic N) is 3. The van der Waals surface area contributed by atoms with Gasteiger partial charge >= 0.3 is 0 Å². The molecule has 4 rings (SSSR count). The van der Waals surface area contributed by atoms with Crippen LogP contribution in [-0.4, -0.2) is 44.8 Å². The van der Waals surface area contributed by atoms with E-state index in [1.165, 1.54) is 0 Å². The molecule has 3 N–H and O–H groups in total. The maximum absolute atomic E-state index is 9.96. The van der Waals surface area contributed by atoms with Crippen LogP contribution in [0.25, 0.3) is 21.6 Å². The molecule has 7 heteroatoms. The third-order valence-electron chi connectivity index (χ3n) is 4.59. The molecular formula is C21H23N5OS. The molecule has 0 bridgehead atoms. The standard InChI is InChI=1S/C21H23N5OS/c1-13-16(4-8-21(2,3)27)28-18-17(13)25-19(14-5-9-22-10-6-14)26-20(18)24-15-7-11-23-12-15/h5-6,9-10,15,23,27H,7,11-12H2,1-3H3,(H,24,25,26)/t15-/m1/s1. The van der Waals surface area contributed by atoms with Crippen molar-refractivity contribution < 1.29 is 5.11 Å². The van der Waals surface area contributed by atoms with Gasteiger partial charge in [0.25, 0.3) is 0 Å². The van der Waals surface area contributed by atoms with E-state index in [9.17, 15) is 5.11 Å². The number of aryl methyl sites for hydroxylation is 1. The minimum absolute atomic E-state index is 0.344. The maximum atomic E-state index is 9.96. The van der Waals surface area contributed by atoms with Gasteiger partial charge in [0.2, 0.25) is 0 Å². The molecule has 6 nitrogen and oxygen atoms in total. The zero-order valence-corrected chi connectivity index (χ0v) is 17.0. The first-order valence-electron chi connectivity index (χ1n) is 9.35. The van der Waals surface area contributed by atoms with E-state index in [0.29, 0.717) is 11.9 Å². The van der Waals surface area contributed by atoms with E-state index in [-0.39, 0.29) is 0 Å². The summed E-state index contributed by atoms with van der Waals surface area (Å²) < 4.78 is 1.00. The largest absolute Gasteiger partial charge is 0.378 e. The summed E-state index contributed by atoms with van der Waals surface area (Å²) in [5.74, 6) is 7.55. The van der Waals surface area contributed by atoms with Crippen LogP contribution in [0.3, 0.4) is 0 Å². The Balaban J connectivity index is 1.86. The molecule has 28 heavy (non-hydrogen) atoms. The van der Waals surface area contributed by atoms with Gasteiger partial charge in [0.1, 0.15) is 11.4 Å². The normalized spacial score (nSPS) is 16.8. The molecule has 0 aliphatic carbocycles. The number of pyridine rings is 1. The Hall–Kier alpha value is -2.53. The zero-order valence-electron chi connectivity index (χ0n) is 16.2. The lowest BCUT2D eigenvalue weighted by atomic mass is 10.1. The predicted octanol–water partition coefficient (Wildman–Crippen LogP) is 2.96. The smallest absolute Gasteiger partial charge is 0.162 e. The number of aromatic nitrogens is 3. The first-order chi connectivity index (χ1) is 13.4. The summed E-state index contributed by atoms with van der Waals surface area (Å²) in [5, 5.41) is 16.9. The van der Waals surface area contributed by atoms with Crippen LogP contribution in [0.2, 0.25) is 0 Å². The molecule has 0 aromatic carbocycles. The zero-order chi connectivity index (χ0) is 19.7. The van der Waals surface area contributed by atoms with Gasteiger partial charge in [-0.3, -0.25) is 4.98 Å². The van der Waals surface area contributed by atoms with Crippen LogP contribution in [0.4, 0.5) is 5.82 Å². The summed E-state index contributed by atoms with van der Waals surface area (Å²) in [6.07, 6.45) is 4.56. The van der Waals surface area contributed by atoms with Gasteiger partial charge in [-0.25, -0.2) is 9.97 Å². The van der Waals surface area contributed by atoms with Crippen LogP contribution >= 0.6 is 11.3 Å². The van der Waals surface area contributed by atoms with Gasteiger partial charge in [-0.2, -0.15) is 0 Å². The Labute approximate surface area is 168 Å². The minimum atomic E-state index is -1.03. The van der Waals surface area contributed by atoms with E-state index < -0.39 is 5.60 Å². The monoisotopic (exact) mass is 393 g/mol. The van der Waals surface area contributed by atoms with Crippen LogP contribution in [0.5, 0.6) is 0 Å². The number of hydrogen-bond donors (Lipinski definition) is 3. The van der Waals surface area contributed by atoms with E-state index in [0.717, 1.165) is 51.5 Å². The molecule has 0 unspecified atom stereocenters. The van der Waals surface area contributed by atoms with Crippen molar-refractivity contribution in [3.8, 4) is 23.2 Å². The number of rotatable bonds is 3. The second kappa shape index (κ2) is 7.47. The van der Waals surface area contributed by atoms with E-state index in [2.05, 4.69) is 27.5 Å². The summed E-state index contributed by atoms with van der Waals surface area (Å²) in [4.78, 5) is 14.7. The predicted molar refractivity (Wildman–Crippen MR) is 113 cm³/mol. The third kappa shape index (κ3) is 3.99. The fourth-order valence-electron chi connectivity index (χ4n) is 3.12. The first kappa shape index (κ1) is 18.8. The van der Waals surface area contributed by atoms with Gasteiger partial charge in [-0.15, -0.1) is 11.3 Å². The van der Waals surface area contributed by atoms with Crippen LogP contribution in [0, 0.1) is 18.8 Å². The fourth-order valence-corrected chi connectivity index (χ4v) is 4.17. The average Bonchev–Trinajstić information content (AvgIpc) is 3.29. The van der Waals surface area contributed by atoms with Crippen molar-refractivity contribution in [2.75, 3.05) is 18.4 Å². The highest BCUT2D eigenvalue weighted by atomic mass is 32.1. The van der Waals surface area contributed by atoms with Crippen molar-refractivity contribution in [2.24, 2.45) is 0 Å². The Morgan fingerprint density at radius 3 is 2.75 bits per heavy atom. The molecule has 1 aliphatic heterocycles. The van der Waals surface area contributed by atoms with Gasteiger partial charge < -0.3 is 15.7 Å². The molecule has 0 spiro atoms. The topological polar surface area (TPSA) is 83.0 Å². The number of hydrogen-bond acceptors (Lipinski definition) is 7. The van der Waals surface area contributed by atoms with Crippen molar-refractivity contribution in [1.82, 2.24) is 20.3 Å². The quantitative estimate of drug-likeness (QED) is 0.594. The van der Waals surface area contributed by atoms with Crippen LogP contribution in [-0.2, 0) is 0 Å². The van der Waals surface area contributed by atoms with Crippen molar-refractivity contribution >= 4 is 27.4 Å². The molecule has 1 fully saturated rings. The van der Waals surface area contributed by atoms with E-state index in [1.807, 2.05) is 19.1 Å². The molecule has 3 aromatic rings. The molecular weight excluding hydrogens is 370 g/mol. The molecule has 4 heterocycles. The van der Waals surface area contributed by atoms with Gasteiger partial charge in [0.15, 0.2) is 5.82 Å². The third-order valence-corrected chi connectivity index (χ3v) is 5.79. The fraction of sp³-hybridized carbons (Fsp3) is 0.381. The summed E-state index contributed by atoms with van der Waals surface area (Å²) in [7, 11) is 0. The van der Waals surface area contributed by atoms with Crippen molar-refractivity contribution in [3.63, 3.8) is 0 Å². The molecule has 1 saturated heterocycles. The molecule has 1 aliphatic rings. The Bertz CT molecular complexity index is 1050. The molecule has 0 saturated carbocycles. The van der Waals surface area contributed by atoms with Crippen LogP contribution in [0.15, 0.2) is 24.5 Å². The van der Waals surface area contributed by atoms with Gasteiger partial charge in [-0.05, 0) is 45.9 Å². The summed E-state index contributed by atoms with van der Waals surface area (Å²) >= 11 is 1.57. The summed E-state index contributed by atoms with van der Waals surface area (Å²) in [6.45, 7) is 7.33. The highest BCUT2D eigenvalue weighted by Gasteiger charge is 2.20. The lowest BCUT2D eigenvalue weighted by molar-refractivity contribution is 0.143. The van der Waals surface area contributed by atoms with E-state index >= 15 is 0 Å². The molecule has 3 aromatic heterocycles. The molecule has 0 amide bonds. The van der Waals surface area contributed by atoms with E-state index in [4.69, 9.17) is 9.97 Å². The molecule has 0 radical (unpaired) electrons. The maximum Gasteiger partial charge on any atom is 0.162 e.